The summed E-state index contributed by atoms with van der Waals surface area (Å²) in [5.74, 6) is 0. The summed E-state index contributed by atoms with van der Waals surface area (Å²) in [5, 5.41) is 3.00. The van der Waals surface area contributed by atoms with Crippen LogP contribution in [0.25, 0.3) is 0 Å². The third kappa shape index (κ3) is 4.30. The first-order valence-electron chi connectivity index (χ1n) is 1.78. The van der Waals surface area contributed by atoms with Crippen LogP contribution in [0.2, 0.25) is 0 Å². The molecular weight excluding hydrogens is 130 g/mol. The Kier molecular flexibility index (Phi) is 9.62. The second kappa shape index (κ2) is 6.45. The summed E-state index contributed by atoms with van der Waals surface area (Å²) in [4.78, 5) is 0. The van der Waals surface area contributed by atoms with E-state index < -0.39 is 0 Å². The fraction of sp³-hybridized carbons (Fsp3) is 1.00. The molecule has 0 spiro atoms. The Morgan fingerprint density at radius 1 is 1.43 bits per heavy atom. The molecule has 1 aliphatic heterocycles. The standard InChI is InChI=1S/C3H7NO.CH4.Cr/c1-2-5-3-4-1;;/h4H,1-3H2;1H4;. The minimum absolute atomic E-state index is 0. The second-order valence-corrected chi connectivity index (χ2v) is 1.05. The van der Waals surface area contributed by atoms with Crippen LogP contribution in [0, 0.1) is 0 Å². The van der Waals surface area contributed by atoms with Gasteiger partial charge in [0.1, 0.15) is 0 Å². The Labute approximate surface area is 55.4 Å². The fourth-order valence-corrected chi connectivity index (χ4v) is 0.361. The topological polar surface area (TPSA) is 21.3 Å². The quantitative estimate of drug-likeness (QED) is 0.520. The molecule has 0 radical (unpaired) electrons. The summed E-state index contributed by atoms with van der Waals surface area (Å²) < 4.78 is 4.83. The van der Waals surface area contributed by atoms with Crippen LogP contribution in [0.3, 0.4) is 0 Å². The van der Waals surface area contributed by atoms with Crippen LogP contribution in [0.15, 0.2) is 0 Å². The van der Waals surface area contributed by atoms with Crippen molar-refractivity contribution in [1.82, 2.24) is 5.32 Å². The number of hydrogen-bond donors (Lipinski definition) is 1. The van der Waals surface area contributed by atoms with Gasteiger partial charge < -0.3 is 4.74 Å². The Bertz CT molecular complexity index is 23.3. The minimum atomic E-state index is 0. The van der Waals surface area contributed by atoms with Gasteiger partial charge in [-0.05, 0) is 0 Å². The second-order valence-electron chi connectivity index (χ2n) is 1.05. The summed E-state index contributed by atoms with van der Waals surface area (Å²) in [6, 6.07) is 0. The predicted molar refractivity (Wildman–Crippen MR) is 25.6 cm³/mol. The van der Waals surface area contributed by atoms with Crippen molar-refractivity contribution < 1.29 is 22.1 Å². The van der Waals surface area contributed by atoms with E-state index in [9.17, 15) is 0 Å². The van der Waals surface area contributed by atoms with Crippen LogP contribution >= 0.6 is 0 Å². The van der Waals surface area contributed by atoms with Gasteiger partial charge in [0.05, 0.1) is 13.3 Å². The first-order chi connectivity index (χ1) is 2.50. The molecule has 7 heavy (non-hydrogen) atoms. The van der Waals surface area contributed by atoms with Crippen molar-refractivity contribution in [2.24, 2.45) is 0 Å². The molecule has 1 N–H and O–H groups in total. The Balaban J connectivity index is 0. The predicted octanol–water partition coefficient (Wildman–Crippen LogP) is 0.197. The number of ether oxygens (including phenoxy) is 1. The average Bonchev–Trinajstić information content (AvgIpc) is 1.76. The zero-order valence-corrected chi connectivity index (χ0v) is 4.71. The first-order valence-corrected chi connectivity index (χ1v) is 1.78. The molecule has 0 atom stereocenters. The number of hydrogen-bond acceptors (Lipinski definition) is 2. The molecule has 3 heteroatoms. The van der Waals surface area contributed by atoms with E-state index >= 15 is 0 Å². The van der Waals surface area contributed by atoms with Gasteiger partial charge in [0.2, 0.25) is 0 Å². The zero-order chi connectivity index (χ0) is 3.54. The molecule has 1 aliphatic rings. The van der Waals surface area contributed by atoms with Gasteiger partial charge in [-0.3, -0.25) is 5.32 Å². The molecule has 1 saturated heterocycles. The smallest absolute Gasteiger partial charge is 0.0966 e. The molecule has 0 aromatic heterocycles. The SMILES string of the molecule is C.C1COCN1.[Cr]. The first kappa shape index (κ1) is 10.4. The van der Waals surface area contributed by atoms with Gasteiger partial charge in [-0.25, -0.2) is 0 Å². The average molecular weight is 141 g/mol. The van der Waals surface area contributed by atoms with E-state index in [0.717, 1.165) is 19.9 Å². The molecule has 0 amide bonds. The maximum absolute atomic E-state index is 4.83. The van der Waals surface area contributed by atoms with Gasteiger partial charge in [0, 0.05) is 23.9 Å². The summed E-state index contributed by atoms with van der Waals surface area (Å²) in [6.07, 6.45) is 0. The molecule has 1 fully saturated rings. The third-order valence-corrected chi connectivity index (χ3v) is 0.627. The van der Waals surface area contributed by atoms with Crippen molar-refractivity contribution in [2.45, 2.75) is 7.43 Å². The number of nitrogens with one attached hydrogen (secondary N) is 1. The normalized spacial score (nSPS) is 17.1. The van der Waals surface area contributed by atoms with E-state index in [1.807, 2.05) is 0 Å². The van der Waals surface area contributed by atoms with Gasteiger partial charge >= 0.3 is 0 Å². The van der Waals surface area contributed by atoms with Crippen LogP contribution in [-0.4, -0.2) is 19.9 Å². The number of rotatable bonds is 0. The van der Waals surface area contributed by atoms with Crippen molar-refractivity contribution in [3.63, 3.8) is 0 Å². The molecule has 0 saturated carbocycles. The van der Waals surface area contributed by atoms with E-state index in [2.05, 4.69) is 5.32 Å². The summed E-state index contributed by atoms with van der Waals surface area (Å²) in [7, 11) is 0. The van der Waals surface area contributed by atoms with Crippen LogP contribution in [0.4, 0.5) is 0 Å². The summed E-state index contributed by atoms with van der Waals surface area (Å²) in [5.41, 5.74) is 0. The minimum Gasteiger partial charge on any atom is -0.365 e. The van der Waals surface area contributed by atoms with E-state index in [1.54, 1.807) is 0 Å². The van der Waals surface area contributed by atoms with Crippen molar-refractivity contribution in [2.75, 3.05) is 19.9 Å². The van der Waals surface area contributed by atoms with Gasteiger partial charge in [-0.15, -0.1) is 0 Å². The zero-order valence-electron chi connectivity index (χ0n) is 3.44. The Morgan fingerprint density at radius 3 is 2.29 bits per heavy atom. The maximum atomic E-state index is 4.83. The van der Waals surface area contributed by atoms with Crippen LogP contribution in [0.5, 0.6) is 0 Å². The molecule has 0 unspecified atom stereocenters. The largest absolute Gasteiger partial charge is 0.365 e. The monoisotopic (exact) mass is 141 g/mol. The summed E-state index contributed by atoms with van der Waals surface area (Å²) >= 11 is 0. The molecule has 0 aromatic carbocycles. The van der Waals surface area contributed by atoms with Crippen LogP contribution in [0.1, 0.15) is 7.43 Å². The fourth-order valence-electron chi connectivity index (χ4n) is 0.361. The van der Waals surface area contributed by atoms with Gasteiger partial charge in [-0.2, -0.15) is 0 Å². The molecule has 44 valence electrons. The van der Waals surface area contributed by atoms with Crippen LogP contribution < -0.4 is 5.32 Å². The molecule has 2 nitrogen and oxygen atoms in total. The van der Waals surface area contributed by atoms with Gasteiger partial charge in [0.15, 0.2) is 0 Å². The molecule has 0 aromatic rings. The molecule has 0 aliphatic carbocycles. The van der Waals surface area contributed by atoms with Crippen molar-refractivity contribution in [1.29, 1.82) is 0 Å². The van der Waals surface area contributed by atoms with E-state index in [4.69, 9.17) is 4.74 Å². The Morgan fingerprint density at radius 2 is 2.14 bits per heavy atom. The van der Waals surface area contributed by atoms with E-state index in [0.29, 0.717) is 0 Å². The Hall–Kier alpha value is 0.452. The van der Waals surface area contributed by atoms with E-state index in [-0.39, 0.29) is 24.8 Å². The maximum Gasteiger partial charge on any atom is 0.0966 e. The molecule has 1 heterocycles. The van der Waals surface area contributed by atoms with Gasteiger partial charge in [-0.1, -0.05) is 7.43 Å². The van der Waals surface area contributed by atoms with Crippen molar-refractivity contribution in [3.05, 3.63) is 0 Å². The van der Waals surface area contributed by atoms with Crippen molar-refractivity contribution in [3.8, 4) is 0 Å². The molecular formula is C4H11CrNO. The third-order valence-electron chi connectivity index (χ3n) is 0.627. The van der Waals surface area contributed by atoms with Crippen molar-refractivity contribution >= 4 is 0 Å². The summed E-state index contributed by atoms with van der Waals surface area (Å²) in [6.45, 7) is 2.67. The van der Waals surface area contributed by atoms with Gasteiger partial charge in [0.25, 0.3) is 0 Å². The molecule has 1 rings (SSSR count). The van der Waals surface area contributed by atoms with E-state index in [1.165, 1.54) is 0 Å². The van der Waals surface area contributed by atoms with Crippen LogP contribution in [-0.2, 0) is 22.1 Å². The molecule has 0 bridgehead atoms.